The zero-order chi connectivity index (χ0) is 21.2. The Morgan fingerprint density at radius 2 is 1.97 bits per heavy atom. The number of hydrogen-bond donors (Lipinski definition) is 2. The van der Waals surface area contributed by atoms with Gasteiger partial charge in [0.15, 0.2) is 21.5 Å². The summed E-state index contributed by atoms with van der Waals surface area (Å²) in [6, 6.07) is 7.32. The molecule has 29 heavy (non-hydrogen) atoms. The number of amides is 2. The predicted molar refractivity (Wildman–Crippen MR) is 107 cm³/mol. The Bertz CT molecular complexity index is 1070. The molecule has 0 radical (unpaired) electrons. The van der Waals surface area contributed by atoms with Crippen molar-refractivity contribution in [3.05, 3.63) is 48.0 Å². The molecule has 2 amide bonds. The van der Waals surface area contributed by atoms with Crippen LogP contribution in [0.1, 0.15) is 13.3 Å². The van der Waals surface area contributed by atoms with Crippen LogP contribution in [0.3, 0.4) is 0 Å². The fourth-order valence-electron chi connectivity index (χ4n) is 2.61. The highest BCUT2D eigenvalue weighted by Crippen LogP contribution is 2.34. The Balaban J connectivity index is 1.68. The quantitative estimate of drug-likeness (QED) is 0.743. The topological polar surface area (TPSA) is 92.3 Å². The van der Waals surface area contributed by atoms with Crippen molar-refractivity contribution in [2.24, 2.45) is 5.92 Å². The summed E-state index contributed by atoms with van der Waals surface area (Å²) in [5, 5.41) is 5.05. The third-order valence-corrected chi connectivity index (χ3v) is 7.35. The zero-order valence-electron chi connectivity index (χ0n) is 15.4. The molecule has 10 heteroatoms. The lowest BCUT2D eigenvalue weighted by atomic mass is 10.2. The molecule has 6 nitrogen and oxygen atoms in total. The molecule has 2 N–H and O–H groups in total. The van der Waals surface area contributed by atoms with Gasteiger partial charge in [0, 0.05) is 34.7 Å². The molecule has 1 atom stereocenters. The molecule has 1 aliphatic heterocycles. The molecule has 0 aromatic heterocycles. The highest BCUT2D eigenvalue weighted by Gasteiger charge is 2.23. The predicted octanol–water partition coefficient (Wildman–Crippen LogP) is 3.45. The molecule has 1 aliphatic rings. The maximum atomic E-state index is 13.2. The molecule has 0 saturated heterocycles. The number of hydrogen-bond acceptors (Lipinski definition) is 5. The molecule has 0 aliphatic carbocycles. The van der Waals surface area contributed by atoms with Gasteiger partial charge in [-0.3, -0.25) is 9.59 Å². The Morgan fingerprint density at radius 3 is 2.69 bits per heavy atom. The van der Waals surface area contributed by atoms with E-state index in [1.54, 1.807) is 13.0 Å². The Labute approximate surface area is 171 Å². The maximum absolute atomic E-state index is 13.2. The highest BCUT2D eigenvalue weighted by molar-refractivity contribution is 7.99. The second-order valence-corrected chi connectivity index (χ2v) is 9.78. The normalized spacial score (nSPS) is 16.5. The summed E-state index contributed by atoms with van der Waals surface area (Å²) in [6.45, 7) is 1.79. The van der Waals surface area contributed by atoms with Gasteiger partial charge in [-0.15, -0.1) is 11.8 Å². The van der Waals surface area contributed by atoms with Crippen molar-refractivity contribution in [3.8, 4) is 0 Å². The summed E-state index contributed by atoms with van der Waals surface area (Å²) < 4.78 is 51.3. The van der Waals surface area contributed by atoms with Crippen LogP contribution in [0.15, 0.2) is 46.2 Å². The Morgan fingerprint density at radius 1 is 1.21 bits per heavy atom. The molecule has 2 aromatic carbocycles. The first-order valence-electron chi connectivity index (χ1n) is 8.71. The second-order valence-electron chi connectivity index (χ2n) is 6.61. The fraction of sp³-hybridized carbons (Fsp3) is 0.263. The number of sulfone groups is 1. The van der Waals surface area contributed by atoms with Crippen molar-refractivity contribution in [2.45, 2.75) is 23.1 Å². The monoisotopic (exact) mass is 440 g/mol. The first-order valence-corrected chi connectivity index (χ1v) is 11.3. The average Bonchev–Trinajstić information content (AvgIpc) is 2.81. The van der Waals surface area contributed by atoms with Crippen molar-refractivity contribution < 1.29 is 26.8 Å². The number of nitrogens with one attached hydrogen (secondary N) is 2. The van der Waals surface area contributed by atoms with Gasteiger partial charge in [0.05, 0.1) is 16.3 Å². The minimum Gasteiger partial charge on any atom is -0.326 e. The first kappa shape index (κ1) is 21.3. The van der Waals surface area contributed by atoms with E-state index in [2.05, 4.69) is 10.6 Å². The summed E-state index contributed by atoms with van der Waals surface area (Å²) in [4.78, 5) is 24.8. The van der Waals surface area contributed by atoms with Gasteiger partial charge < -0.3 is 10.6 Å². The number of benzene rings is 2. The molecule has 0 spiro atoms. The van der Waals surface area contributed by atoms with Gasteiger partial charge in [0.2, 0.25) is 11.8 Å². The molecule has 0 fully saturated rings. The van der Waals surface area contributed by atoms with E-state index in [1.165, 1.54) is 30.0 Å². The molecule has 0 bridgehead atoms. The molecule has 2 aromatic rings. The SMILES string of the molecule is C[C@H]1CSc2ccc(S(=O)(=O)CCC(=O)Nc3ccc(F)c(F)c3)cc2NC1=O. The van der Waals surface area contributed by atoms with Crippen LogP contribution in [0.5, 0.6) is 0 Å². The van der Waals surface area contributed by atoms with Crippen LogP contribution in [0.4, 0.5) is 20.2 Å². The van der Waals surface area contributed by atoms with Crippen LogP contribution in [0.25, 0.3) is 0 Å². The van der Waals surface area contributed by atoms with Gasteiger partial charge in [-0.25, -0.2) is 17.2 Å². The number of carbonyl (C=O) groups excluding carboxylic acids is 2. The van der Waals surface area contributed by atoms with Crippen molar-refractivity contribution in [2.75, 3.05) is 22.1 Å². The number of fused-ring (bicyclic) bond motifs is 1. The number of anilines is 2. The molecule has 154 valence electrons. The van der Waals surface area contributed by atoms with E-state index in [0.29, 0.717) is 11.4 Å². The van der Waals surface area contributed by atoms with Gasteiger partial charge in [0.1, 0.15) is 0 Å². The van der Waals surface area contributed by atoms with E-state index < -0.39 is 33.1 Å². The van der Waals surface area contributed by atoms with Crippen LogP contribution >= 0.6 is 11.8 Å². The second kappa shape index (κ2) is 8.50. The maximum Gasteiger partial charge on any atom is 0.228 e. The third-order valence-electron chi connectivity index (χ3n) is 4.31. The molecule has 0 saturated carbocycles. The third kappa shape index (κ3) is 5.13. The van der Waals surface area contributed by atoms with Crippen molar-refractivity contribution in [1.29, 1.82) is 0 Å². The fourth-order valence-corrected chi connectivity index (χ4v) is 4.89. The van der Waals surface area contributed by atoms with Gasteiger partial charge >= 0.3 is 0 Å². The summed E-state index contributed by atoms with van der Waals surface area (Å²) in [6.07, 6.45) is -0.365. The summed E-state index contributed by atoms with van der Waals surface area (Å²) in [5.74, 6) is -3.08. The lowest BCUT2D eigenvalue weighted by molar-refractivity contribution is -0.118. The number of rotatable bonds is 5. The molecular weight excluding hydrogens is 422 g/mol. The Kier molecular flexibility index (Phi) is 6.23. The van der Waals surface area contributed by atoms with Crippen molar-refractivity contribution in [3.63, 3.8) is 0 Å². The number of carbonyl (C=O) groups is 2. The number of thioether (sulfide) groups is 1. The van der Waals surface area contributed by atoms with Crippen LogP contribution in [-0.4, -0.2) is 31.7 Å². The van der Waals surface area contributed by atoms with E-state index >= 15 is 0 Å². The summed E-state index contributed by atoms with van der Waals surface area (Å²) in [7, 11) is -3.79. The van der Waals surface area contributed by atoms with Crippen LogP contribution in [-0.2, 0) is 19.4 Å². The zero-order valence-corrected chi connectivity index (χ0v) is 17.0. The van der Waals surface area contributed by atoms with Gasteiger partial charge in [-0.2, -0.15) is 0 Å². The average molecular weight is 440 g/mol. The van der Waals surface area contributed by atoms with E-state index in [-0.39, 0.29) is 28.8 Å². The number of halogens is 2. The van der Waals surface area contributed by atoms with Crippen LogP contribution < -0.4 is 10.6 Å². The smallest absolute Gasteiger partial charge is 0.228 e. The van der Waals surface area contributed by atoms with Crippen LogP contribution in [0.2, 0.25) is 0 Å². The van der Waals surface area contributed by atoms with Gasteiger partial charge in [-0.1, -0.05) is 6.92 Å². The molecule has 0 unspecified atom stereocenters. The summed E-state index contributed by atoms with van der Waals surface area (Å²) in [5.41, 5.74) is 0.460. The van der Waals surface area contributed by atoms with Crippen molar-refractivity contribution >= 4 is 44.8 Å². The molecule has 1 heterocycles. The van der Waals surface area contributed by atoms with Crippen LogP contribution in [0, 0.1) is 17.6 Å². The van der Waals surface area contributed by atoms with E-state index in [9.17, 15) is 26.8 Å². The van der Waals surface area contributed by atoms with E-state index in [1.807, 2.05) is 0 Å². The summed E-state index contributed by atoms with van der Waals surface area (Å²) >= 11 is 1.46. The Hall–Kier alpha value is -2.46. The first-order chi connectivity index (χ1) is 13.7. The minimum atomic E-state index is -3.79. The van der Waals surface area contributed by atoms with E-state index in [4.69, 9.17) is 0 Å². The van der Waals surface area contributed by atoms with Gasteiger partial charge in [0.25, 0.3) is 0 Å². The van der Waals surface area contributed by atoms with Crippen molar-refractivity contribution in [1.82, 2.24) is 0 Å². The van der Waals surface area contributed by atoms with E-state index in [0.717, 1.165) is 17.0 Å². The largest absolute Gasteiger partial charge is 0.326 e. The minimum absolute atomic E-state index is 0.00710. The lowest BCUT2D eigenvalue weighted by Gasteiger charge is -2.10. The molecule has 3 rings (SSSR count). The molecular formula is C19H18F2N2O4S2. The highest BCUT2D eigenvalue weighted by atomic mass is 32.2. The van der Waals surface area contributed by atoms with Gasteiger partial charge in [-0.05, 0) is 30.3 Å². The lowest BCUT2D eigenvalue weighted by Crippen LogP contribution is -2.20. The standard InChI is InChI=1S/C19H18F2N2O4S2/c1-11-10-28-17-5-3-13(9-16(17)23-19(11)25)29(26,27)7-6-18(24)22-12-2-4-14(20)15(21)8-12/h2-5,8-9,11H,6-7,10H2,1H3,(H,22,24)(H,23,25)/t11-/m0/s1.